The van der Waals surface area contributed by atoms with Crippen molar-refractivity contribution in [1.29, 1.82) is 0 Å². The van der Waals surface area contributed by atoms with E-state index in [0.29, 0.717) is 5.56 Å². The Morgan fingerprint density at radius 1 is 0.971 bits per heavy atom. The Morgan fingerprint density at radius 2 is 1.57 bits per heavy atom. The monoisotopic (exact) mass is 517 g/mol. The van der Waals surface area contributed by atoms with E-state index in [4.69, 9.17) is 32.7 Å². The third-order valence-corrected chi connectivity index (χ3v) is 6.18. The molecule has 1 aliphatic rings. The minimum Gasteiger partial charge on any atom is -0.508 e. The summed E-state index contributed by atoms with van der Waals surface area (Å²) in [4.78, 5) is 27.5. The average Bonchev–Trinajstić information content (AvgIpc) is 3.10. The van der Waals surface area contributed by atoms with Gasteiger partial charge >= 0.3 is 0 Å². The van der Waals surface area contributed by atoms with Crippen molar-refractivity contribution in [1.82, 2.24) is 0 Å². The summed E-state index contributed by atoms with van der Waals surface area (Å²) in [6.45, 7) is 0. The van der Waals surface area contributed by atoms with Crippen LogP contribution in [0.3, 0.4) is 0 Å². The number of Topliss-reactive ketones (excluding diaryl/α,β-unsaturated/α-hetero) is 1. The summed E-state index contributed by atoms with van der Waals surface area (Å²) in [5, 5.41) is 21.1. The number of amides is 1. The molecular formula is C25H18Cl2FNO6. The summed E-state index contributed by atoms with van der Waals surface area (Å²) < 4.78 is 24.1. The molecule has 10 heteroatoms. The molecule has 4 rings (SSSR count). The molecule has 1 atom stereocenters. The van der Waals surface area contributed by atoms with Crippen molar-refractivity contribution in [2.45, 2.75) is 6.04 Å². The molecule has 1 fully saturated rings. The Labute approximate surface area is 209 Å². The minimum absolute atomic E-state index is 0.0251. The van der Waals surface area contributed by atoms with Gasteiger partial charge in [0.15, 0.2) is 11.5 Å². The maximum absolute atomic E-state index is 13.6. The third-order valence-electron chi connectivity index (χ3n) is 5.55. The standard InChI is InChI=1S/C25H18Cl2FNO6/c1-34-23-16(11-17(26)24(35-2)19(23)27)21(31)18-20(12-3-9-15(30)10-4-12)29(25(33)22(18)32)14-7-5-13(28)6-8-14/h3-11,20,30-31H,1-2H3/b21-18+. The van der Waals surface area contributed by atoms with Gasteiger partial charge in [-0.3, -0.25) is 14.5 Å². The van der Waals surface area contributed by atoms with E-state index in [2.05, 4.69) is 0 Å². The molecule has 0 aliphatic carbocycles. The number of ether oxygens (including phenoxy) is 2. The highest BCUT2D eigenvalue weighted by Crippen LogP contribution is 2.48. The van der Waals surface area contributed by atoms with E-state index in [1.54, 1.807) is 0 Å². The molecule has 0 aromatic heterocycles. The molecule has 0 bridgehead atoms. The topological polar surface area (TPSA) is 96.3 Å². The number of phenols is 1. The number of rotatable bonds is 5. The molecule has 1 aliphatic heterocycles. The lowest BCUT2D eigenvalue weighted by atomic mass is 9.94. The Balaban J connectivity index is 2.01. The van der Waals surface area contributed by atoms with Gasteiger partial charge in [0.2, 0.25) is 0 Å². The Morgan fingerprint density at radius 3 is 2.14 bits per heavy atom. The molecule has 1 unspecified atom stereocenters. The number of hydrogen-bond donors (Lipinski definition) is 2. The lowest BCUT2D eigenvalue weighted by molar-refractivity contribution is -0.132. The molecule has 35 heavy (non-hydrogen) atoms. The van der Waals surface area contributed by atoms with Crippen LogP contribution in [0.25, 0.3) is 5.76 Å². The lowest BCUT2D eigenvalue weighted by Gasteiger charge is -2.25. The van der Waals surface area contributed by atoms with Crippen LogP contribution < -0.4 is 14.4 Å². The largest absolute Gasteiger partial charge is 0.508 e. The quantitative estimate of drug-likeness (QED) is 0.264. The van der Waals surface area contributed by atoms with E-state index in [1.165, 1.54) is 56.7 Å². The van der Waals surface area contributed by atoms with Gasteiger partial charge < -0.3 is 19.7 Å². The number of carbonyl (C=O) groups excluding carboxylic acids is 2. The number of nitrogens with zero attached hydrogens (tertiary/aromatic N) is 1. The molecular weight excluding hydrogens is 500 g/mol. The first-order chi connectivity index (χ1) is 16.7. The number of benzene rings is 3. The summed E-state index contributed by atoms with van der Waals surface area (Å²) >= 11 is 12.6. The van der Waals surface area contributed by atoms with Gasteiger partial charge in [0.1, 0.15) is 22.3 Å². The number of aromatic hydroxyl groups is 1. The number of aliphatic hydroxyl groups excluding tert-OH is 1. The first-order valence-electron chi connectivity index (χ1n) is 10.2. The van der Waals surface area contributed by atoms with Crippen molar-refractivity contribution >= 4 is 46.3 Å². The second kappa shape index (κ2) is 9.48. The zero-order chi connectivity index (χ0) is 25.4. The molecule has 2 N–H and O–H groups in total. The van der Waals surface area contributed by atoms with Crippen LogP contribution in [-0.2, 0) is 9.59 Å². The number of hydrogen-bond acceptors (Lipinski definition) is 6. The predicted molar refractivity (Wildman–Crippen MR) is 129 cm³/mol. The van der Waals surface area contributed by atoms with E-state index < -0.39 is 29.3 Å². The van der Waals surface area contributed by atoms with Crippen LogP contribution in [0.4, 0.5) is 10.1 Å². The first kappa shape index (κ1) is 24.4. The molecule has 3 aromatic rings. The summed E-state index contributed by atoms with van der Waals surface area (Å²) in [6, 6.07) is 10.9. The van der Waals surface area contributed by atoms with Gasteiger partial charge in [-0.25, -0.2) is 4.39 Å². The number of ketones is 1. The number of phenolic OH excluding ortho intramolecular Hbond substituents is 1. The second-order valence-electron chi connectivity index (χ2n) is 7.52. The van der Waals surface area contributed by atoms with E-state index in [-0.39, 0.29) is 44.1 Å². The summed E-state index contributed by atoms with van der Waals surface area (Å²) in [6.07, 6.45) is 0. The van der Waals surface area contributed by atoms with Crippen molar-refractivity contribution in [3.8, 4) is 17.2 Å². The van der Waals surface area contributed by atoms with Crippen LogP contribution in [0.5, 0.6) is 17.2 Å². The highest BCUT2D eigenvalue weighted by Gasteiger charge is 2.47. The number of carbonyl (C=O) groups is 2. The summed E-state index contributed by atoms with van der Waals surface area (Å²) in [5.41, 5.74) is 0.311. The predicted octanol–water partition coefficient (Wildman–Crippen LogP) is 5.48. The van der Waals surface area contributed by atoms with Gasteiger partial charge in [-0.1, -0.05) is 35.3 Å². The molecule has 1 amide bonds. The van der Waals surface area contributed by atoms with Crippen molar-refractivity contribution in [2.75, 3.05) is 19.1 Å². The smallest absolute Gasteiger partial charge is 0.300 e. The molecule has 0 saturated carbocycles. The van der Waals surface area contributed by atoms with Crippen LogP contribution in [0.1, 0.15) is 17.2 Å². The van der Waals surface area contributed by atoms with E-state index >= 15 is 0 Å². The van der Waals surface area contributed by atoms with Crippen LogP contribution in [-0.4, -0.2) is 36.1 Å². The zero-order valence-electron chi connectivity index (χ0n) is 18.4. The van der Waals surface area contributed by atoms with Crippen molar-refractivity contribution in [3.05, 3.63) is 87.2 Å². The fourth-order valence-corrected chi connectivity index (χ4v) is 4.65. The van der Waals surface area contributed by atoms with Gasteiger partial charge in [-0.2, -0.15) is 0 Å². The molecule has 180 valence electrons. The zero-order valence-corrected chi connectivity index (χ0v) is 19.9. The van der Waals surface area contributed by atoms with E-state index in [1.807, 2.05) is 0 Å². The molecule has 1 saturated heterocycles. The van der Waals surface area contributed by atoms with E-state index in [0.717, 1.165) is 17.0 Å². The SMILES string of the molecule is COc1c(Cl)cc(/C(O)=C2\C(=O)C(=O)N(c3ccc(F)cc3)C2c2ccc(O)cc2)c(OC)c1Cl. The maximum Gasteiger partial charge on any atom is 0.300 e. The summed E-state index contributed by atoms with van der Waals surface area (Å²) in [5.74, 6) is -3.02. The third kappa shape index (κ3) is 4.15. The fourth-order valence-electron chi connectivity index (χ4n) is 3.96. The molecule has 0 spiro atoms. The maximum atomic E-state index is 13.6. The molecule has 0 radical (unpaired) electrons. The number of methoxy groups -OCH3 is 2. The van der Waals surface area contributed by atoms with Crippen LogP contribution in [0, 0.1) is 5.82 Å². The van der Waals surface area contributed by atoms with Crippen LogP contribution in [0.2, 0.25) is 10.0 Å². The second-order valence-corrected chi connectivity index (χ2v) is 8.31. The lowest BCUT2D eigenvalue weighted by Crippen LogP contribution is -2.29. The van der Waals surface area contributed by atoms with Gasteiger partial charge in [-0.15, -0.1) is 0 Å². The van der Waals surface area contributed by atoms with Crippen molar-refractivity contribution in [2.24, 2.45) is 0 Å². The molecule has 3 aromatic carbocycles. The number of aliphatic hydroxyl groups is 1. The van der Waals surface area contributed by atoms with Gasteiger partial charge in [0, 0.05) is 5.69 Å². The Kier molecular flexibility index (Phi) is 6.60. The molecule has 7 nitrogen and oxygen atoms in total. The summed E-state index contributed by atoms with van der Waals surface area (Å²) in [7, 11) is 2.66. The Bertz CT molecular complexity index is 1360. The highest BCUT2D eigenvalue weighted by molar-refractivity contribution is 6.52. The van der Waals surface area contributed by atoms with Crippen LogP contribution in [0.15, 0.2) is 60.2 Å². The van der Waals surface area contributed by atoms with Crippen molar-refractivity contribution < 1.29 is 33.7 Å². The van der Waals surface area contributed by atoms with Crippen LogP contribution >= 0.6 is 23.2 Å². The average molecular weight is 518 g/mol. The van der Waals surface area contributed by atoms with Crippen molar-refractivity contribution in [3.63, 3.8) is 0 Å². The van der Waals surface area contributed by atoms with E-state index in [9.17, 15) is 24.2 Å². The van der Waals surface area contributed by atoms with Gasteiger partial charge in [0.25, 0.3) is 11.7 Å². The first-order valence-corrected chi connectivity index (χ1v) is 10.9. The minimum atomic E-state index is -1.12. The fraction of sp³-hybridized carbons (Fsp3) is 0.120. The highest BCUT2D eigenvalue weighted by atomic mass is 35.5. The number of anilines is 1. The Hall–Kier alpha value is -3.75. The van der Waals surface area contributed by atoms with Gasteiger partial charge in [-0.05, 0) is 48.0 Å². The van der Waals surface area contributed by atoms with Gasteiger partial charge in [0.05, 0.1) is 36.4 Å². The normalized spacial score (nSPS) is 17.1. The number of halogens is 3. The molecule has 1 heterocycles.